The lowest BCUT2D eigenvalue weighted by Gasteiger charge is -2.17. The van der Waals surface area contributed by atoms with E-state index in [1.54, 1.807) is 36.4 Å². The quantitative estimate of drug-likeness (QED) is 0.776. The van der Waals surface area contributed by atoms with E-state index in [1.807, 2.05) is 0 Å². The molecule has 0 aliphatic heterocycles. The van der Waals surface area contributed by atoms with Crippen molar-refractivity contribution >= 4 is 37.5 Å². The molecule has 0 atom stereocenters. The molecule has 0 aliphatic carbocycles. The Bertz CT molecular complexity index is 887. The van der Waals surface area contributed by atoms with Crippen LogP contribution in [0.2, 0.25) is 0 Å². The number of halogens is 1. The van der Waals surface area contributed by atoms with E-state index < -0.39 is 15.9 Å². The molecule has 0 unspecified atom stereocenters. The molecule has 124 valence electrons. The number of hydrogen-bond acceptors (Lipinski definition) is 3. The Balaban J connectivity index is 2.07. The molecule has 0 radical (unpaired) electrons. The minimum absolute atomic E-state index is 0.121. The van der Waals surface area contributed by atoms with E-state index in [2.05, 4.69) is 27.2 Å². The molecule has 0 bridgehead atoms. The van der Waals surface area contributed by atoms with E-state index in [1.165, 1.54) is 19.2 Å². The largest absolute Gasteiger partial charge is 0.325 e. The molecule has 2 aromatic carbocycles. The third kappa shape index (κ3) is 4.45. The van der Waals surface area contributed by atoms with Crippen LogP contribution in [0.4, 0.5) is 5.69 Å². The SMILES string of the molecule is C#Cc1cccc(NC(=O)CN(C)S(=O)(=O)c2ccc(Br)cc2)c1. The molecule has 7 heteroatoms. The van der Waals surface area contributed by atoms with Crippen LogP contribution in [0.15, 0.2) is 57.9 Å². The van der Waals surface area contributed by atoms with Gasteiger partial charge in [0.05, 0.1) is 11.4 Å². The number of terminal acetylenes is 1. The van der Waals surface area contributed by atoms with E-state index in [0.717, 1.165) is 8.78 Å². The van der Waals surface area contributed by atoms with Crippen molar-refractivity contribution in [1.82, 2.24) is 4.31 Å². The first-order valence-corrected chi connectivity index (χ1v) is 9.14. The molecule has 0 saturated carbocycles. The Morgan fingerprint density at radius 1 is 1.25 bits per heavy atom. The third-order valence-corrected chi connectivity index (χ3v) is 5.55. The Kier molecular flexibility index (Phi) is 5.78. The Morgan fingerprint density at radius 3 is 2.54 bits per heavy atom. The first-order chi connectivity index (χ1) is 11.3. The molecule has 24 heavy (non-hydrogen) atoms. The molecule has 1 N–H and O–H groups in total. The van der Waals surface area contributed by atoms with E-state index in [-0.39, 0.29) is 11.4 Å². The highest BCUT2D eigenvalue weighted by molar-refractivity contribution is 9.10. The summed E-state index contributed by atoms with van der Waals surface area (Å²) in [5.74, 6) is 2.02. The summed E-state index contributed by atoms with van der Waals surface area (Å²) in [5.41, 5.74) is 1.15. The fraction of sp³-hybridized carbons (Fsp3) is 0.118. The van der Waals surface area contributed by atoms with Crippen molar-refractivity contribution in [1.29, 1.82) is 0 Å². The van der Waals surface area contributed by atoms with E-state index >= 15 is 0 Å². The van der Waals surface area contributed by atoms with Gasteiger partial charge >= 0.3 is 0 Å². The number of carbonyl (C=O) groups excluding carboxylic acids is 1. The number of amides is 1. The number of hydrogen-bond donors (Lipinski definition) is 1. The van der Waals surface area contributed by atoms with Crippen molar-refractivity contribution in [3.05, 3.63) is 58.6 Å². The van der Waals surface area contributed by atoms with Gasteiger partial charge in [0.1, 0.15) is 0 Å². The first kappa shape index (κ1) is 18.2. The normalized spacial score (nSPS) is 11.1. The van der Waals surface area contributed by atoms with E-state index in [9.17, 15) is 13.2 Å². The molecule has 0 aromatic heterocycles. The molecule has 0 aliphatic rings. The number of rotatable bonds is 5. The predicted molar refractivity (Wildman–Crippen MR) is 97.0 cm³/mol. The lowest BCUT2D eigenvalue weighted by Crippen LogP contribution is -2.34. The second-order valence-corrected chi connectivity index (χ2v) is 7.95. The molecule has 0 spiro atoms. The van der Waals surface area contributed by atoms with Gasteiger partial charge < -0.3 is 5.32 Å². The summed E-state index contributed by atoms with van der Waals surface area (Å²) in [6.45, 7) is -0.307. The smallest absolute Gasteiger partial charge is 0.243 e. The van der Waals surface area contributed by atoms with Crippen molar-refractivity contribution < 1.29 is 13.2 Å². The van der Waals surface area contributed by atoms with Crippen LogP contribution in [0.25, 0.3) is 0 Å². The zero-order valence-corrected chi connectivity index (χ0v) is 15.3. The number of benzene rings is 2. The van der Waals surface area contributed by atoms with Gasteiger partial charge in [-0.25, -0.2) is 8.42 Å². The zero-order valence-electron chi connectivity index (χ0n) is 12.9. The second kappa shape index (κ2) is 7.62. The fourth-order valence-corrected chi connectivity index (χ4v) is 3.35. The van der Waals surface area contributed by atoms with Crippen molar-refractivity contribution in [2.24, 2.45) is 0 Å². The monoisotopic (exact) mass is 406 g/mol. The summed E-state index contributed by atoms with van der Waals surface area (Å²) < 4.78 is 26.6. The number of likely N-dealkylation sites (N-methyl/N-ethyl adjacent to an activating group) is 1. The van der Waals surface area contributed by atoms with E-state index in [0.29, 0.717) is 11.3 Å². The number of anilines is 1. The maximum atomic E-state index is 12.4. The molecule has 2 aromatic rings. The van der Waals surface area contributed by atoms with Crippen LogP contribution >= 0.6 is 15.9 Å². The molecule has 0 saturated heterocycles. The molecular weight excluding hydrogens is 392 g/mol. The Labute approximate surface area is 149 Å². The van der Waals surface area contributed by atoms with Gasteiger partial charge in [-0.2, -0.15) is 4.31 Å². The molecular formula is C17H15BrN2O3S. The van der Waals surface area contributed by atoms with Crippen molar-refractivity contribution in [2.75, 3.05) is 18.9 Å². The van der Waals surface area contributed by atoms with Gasteiger partial charge in [-0.05, 0) is 42.5 Å². The van der Waals surface area contributed by atoms with Crippen LogP contribution in [0.5, 0.6) is 0 Å². The van der Waals surface area contributed by atoms with E-state index in [4.69, 9.17) is 6.42 Å². The van der Waals surface area contributed by atoms with Gasteiger partial charge in [0, 0.05) is 22.8 Å². The number of carbonyl (C=O) groups is 1. The second-order valence-electron chi connectivity index (χ2n) is 4.99. The van der Waals surface area contributed by atoms with Gasteiger partial charge in [0.25, 0.3) is 0 Å². The average Bonchev–Trinajstić information content (AvgIpc) is 2.55. The van der Waals surface area contributed by atoms with Crippen LogP contribution in [0.1, 0.15) is 5.56 Å². The third-order valence-electron chi connectivity index (χ3n) is 3.20. The lowest BCUT2D eigenvalue weighted by molar-refractivity contribution is -0.116. The van der Waals surface area contributed by atoms with Gasteiger partial charge in [0.15, 0.2) is 0 Å². The summed E-state index contributed by atoms with van der Waals surface area (Å²) >= 11 is 3.25. The summed E-state index contributed by atoms with van der Waals surface area (Å²) in [7, 11) is -2.38. The van der Waals surface area contributed by atoms with Crippen molar-refractivity contribution in [2.45, 2.75) is 4.90 Å². The Hall–Kier alpha value is -2.14. The van der Waals surface area contributed by atoms with Crippen LogP contribution < -0.4 is 5.32 Å². The minimum Gasteiger partial charge on any atom is -0.325 e. The van der Waals surface area contributed by atoms with Crippen LogP contribution in [-0.4, -0.2) is 32.2 Å². The maximum Gasteiger partial charge on any atom is 0.243 e. The first-order valence-electron chi connectivity index (χ1n) is 6.91. The molecule has 5 nitrogen and oxygen atoms in total. The number of nitrogens with zero attached hydrogens (tertiary/aromatic N) is 1. The van der Waals surface area contributed by atoms with Crippen LogP contribution in [-0.2, 0) is 14.8 Å². The minimum atomic E-state index is -3.74. The maximum absolute atomic E-state index is 12.4. The van der Waals surface area contributed by atoms with Gasteiger partial charge in [-0.15, -0.1) is 6.42 Å². The topological polar surface area (TPSA) is 66.5 Å². The molecule has 1 amide bonds. The standard InChI is InChI=1S/C17H15BrN2O3S/c1-3-13-5-4-6-15(11-13)19-17(21)12-20(2)24(22,23)16-9-7-14(18)8-10-16/h1,4-11H,12H2,2H3,(H,19,21). The van der Waals surface area contributed by atoms with Gasteiger partial charge in [-0.3, -0.25) is 4.79 Å². The van der Waals surface area contributed by atoms with Crippen LogP contribution in [0, 0.1) is 12.3 Å². The summed E-state index contributed by atoms with van der Waals surface area (Å²) in [6.07, 6.45) is 5.31. The Morgan fingerprint density at radius 2 is 1.92 bits per heavy atom. The summed E-state index contributed by atoms with van der Waals surface area (Å²) in [6, 6.07) is 13.0. The van der Waals surface area contributed by atoms with Gasteiger partial charge in [0.2, 0.25) is 15.9 Å². The number of sulfonamides is 1. The highest BCUT2D eigenvalue weighted by Crippen LogP contribution is 2.18. The van der Waals surface area contributed by atoms with Crippen molar-refractivity contribution in [3.8, 4) is 12.3 Å². The average molecular weight is 407 g/mol. The van der Waals surface area contributed by atoms with Crippen LogP contribution in [0.3, 0.4) is 0 Å². The summed E-state index contributed by atoms with van der Waals surface area (Å²) in [4.78, 5) is 12.2. The lowest BCUT2D eigenvalue weighted by atomic mass is 10.2. The number of nitrogens with one attached hydrogen (secondary N) is 1. The van der Waals surface area contributed by atoms with Gasteiger partial charge in [-0.1, -0.05) is 27.9 Å². The predicted octanol–water partition coefficient (Wildman–Crippen LogP) is 2.69. The highest BCUT2D eigenvalue weighted by atomic mass is 79.9. The molecule has 0 heterocycles. The summed E-state index contributed by atoms with van der Waals surface area (Å²) in [5, 5.41) is 2.63. The zero-order chi connectivity index (χ0) is 17.7. The van der Waals surface area contributed by atoms with Crippen molar-refractivity contribution in [3.63, 3.8) is 0 Å². The fourth-order valence-electron chi connectivity index (χ4n) is 1.96. The molecule has 0 fully saturated rings. The molecule has 2 rings (SSSR count). The highest BCUT2D eigenvalue weighted by Gasteiger charge is 2.22.